The van der Waals surface area contributed by atoms with Crippen LogP contribution in [-0.4, -0.2) is 39.5 Å². The molecule has 1 heterocycles. The number of aromatic nitrogens is 2. The summed E-state index contributed by atoms with van der Waals surface area (Å²) < 4.78 is 0. The standard InChI is InChI=1S/C9H8N2S.Na.H/c12-8-3-1-7(2-4-8)9-10-5-6-11-9;;/h1-6,12H,(H,10,11);;. The van der Waals surface area contributed by atoms with E-state index in [0.717, 1.165) is 16.3 Å². The molecule has 0 saturated carbocycles. The van der Waals surface area contributed by atoms with E-state index in [9.17, 15) is 0 Å². The molecule has 0 aliphatic carbocycles. The predicted molar refractivity (Wildman–Crippen MR) is 58.4 cm³/mol. The van der Waals surface area contributed by atoms with Crippen LogP contribution in [0.2, 0.25) is 0 Å². The van der Waals surface area contributed by atoms with Crippen molar-refractivity contribution in [3.8, 4) is 11.4 Å². The number of aromatic amines is 1. The monoisotopic (exact) mass is 200 g/mol. The van der Waals surface area contributed by atoms with Crippen molar-refractivity contribution in [2.75, 3.05) is 0 Å². The molecule has 62 valence electrons. The van der Waals surface area contributed by atoms with Gasteiger partial charge in [0.1, 0.15) is 5.82 Å². The summed E-state index contributed by atoms with van der Waals surface area (Å²) in [6, 6.07) is 7.87. The molecule has 0 saturated heterocycles. The van der Waals surface area contributed by atoms with Gasteiger partial charge in [-0.2, -0.15) is 0 Å². The third kappa shape index (κ3) is 2.61. The van der Waals surface area contributed by atoms with Gasteiger partial charge in [-0.25, -0.2) is 4.98 Å². The summed E-state index contributed by atoms with van der Waals surface area (Å²) in [5, 5.41) is 0. The Bertz CT molecular complexity index is 356. The summed E-state index contributed by atoms with van der Waals surface area (Å²) in [5.41, 5.74) is 1.08. The van der Waals surface area contributed by atoms with Gasteiger partial charge in [-0.1, -0.05) is 12.1 Å². The summed E-state index contributed by atoms with van der Waals surface area (Å²) in [7, 11) is 0. The molecule has 2 rings (SSSR count). The van der Waals surface area contributed by atoms with E-state index in [1.54, 1.807) is 6.20 Å². The van der Waals surface area contributed by atoms with Gasteiger partial charge in [0.2, 0.25) is 0 Å². The second-order valence-corrected chi connectivity index (χ2v) is 3.00. The Hall–Kier alpha value is -0.220. The number of H-pyrrole nitrogens is 1. The van der Waals surface area contributed by atoms with E-state index >= 15 is 0 Å². The molecule has 1 N–H and O–H groups in total. The average Bonchev–Trinajstić information content (AvgIpc) is 2.58. The Morgan fingerprint density at radius 3 is 2.38 bits per heavy atom. The molecule has 1 aromatic heterocycles. The van der Waals surface area contributed by atoms with Crippen LogP contribution in [-0.2, 0) is 0 Å². The number of hydrogen-bond donors (Lipinski definition) is 2. The molecule has 0 radical (unpaired) electrons. The van der Waals surface area contributed by atoms with Crippen LogP contribution in [0, 0.1) is 0 Å². The van der Waals surface area contributed by atoms with Crippen LogP contribution < -0.4 is 0 Å². The van der Waals surface area contributed by atoms with Crippen LogP contribution in [0.25, 0.3) is 11.4 Å². The average molecular weight is 200 g/mol. The molecule has 4 heteroatoms. The quantitative estimate of drug-likeness (QED) is 0.532. The van der Waals surface area contributed by atoms with Crippen molar-refractivity contribution in [3.63, 3.8) is 0 Å². The van der Waals surface area contributed by atoms with Gasteiger partial charge in [0.15, 0.2) is 0 Å². The van der Waals surface area contributed by atoms with Gasteiger partial charge in [0.25, 0.3) is 0 Å². The molecule has 0 aliphatic rings. The Labute approximate surface area is 104 Å². The van der Waals surface area contributed by atoms with Crippen molar-refractivity contribution in [1.82, 2.24) is 9.97 Å². The van der Waals surface area contributed by atoms with E-state index in [-0.39, 0.29) is 29.6 Å². The molecule has 13 heavy (non-hydrogen) atoms. The molecule has 1 aromatic carbocycles. The van der Waals surface area contributed by atoms with E-state index in [4.69, 9.17) is 0 Å². The summed E-state index contributed by atoms with van der Waals surface area (Å²) in [6.07, 6.45) is 3.55. The Morgan fingerprint density at radius 2 is 1.85 bits per heavy atom. The van der Waals surface area contributed by atoms with Crippen LogP contribution in [0.15, 0.2) is 41.6 Å². The zero-order chi connectivity index (χ0) is 8.39. The van der Waals surface area contributed by atoms with Crippen LogP contribution in [0.3, 0.4) is 0 Å². The van der Waals surface area contributed by atoms with Crippen molar-refractivity contribution in [2.45, 2.75) is 4.90 Å². The van der Waals surface area contributed by atoms with Gasteiger partial charge in [0, 0.05) is 22.9 Å². The van der Waals surface area contributed by atoms with E-state index < -0.39 is 0 Å². The maximum absolute atomic E-state index is 4.20. The number of nitrogens with one attached hydrogen (secondary N) is 1. The fourth-order valence-electron chi connectivity index (χ4n) is 1.04. The SMILES string of the molecule is Sc1ccc(-c2ncc[nH]2)cc1.[NaH]. The van der Waals surface area contributed by atoms with E-state index in [2.05, 4.69) is 22.6 Å². The first-order chi connectivity index (χ1) is 5.86. The van der Waals surface area contributed by atoms with Crippen LogP contribution in [0.4, 0.5) is 0 Å². The Kier molecular flexibility index (Phi) is 4.06. The minimum atomic E-state index is 0. The first-order valence-corrected chi connectivity index (χ1v) is 4.10. The molecule has 0 bridgehead atoms. The van der Waals surface area contributed by atoms with Crippen LogP contribution >= 0.6 is 12.6 Å². The van der Waals surface area contributed by atoms with Gasteiger partial charge >= 0.3 is 29.6 Å². The zero-order valence-corrected chi connectivity index (χ0v) is 7.25. The van der Waals surface area contributed by atoms with Crippen molar-refractivity contribution >= 4 is 42.2 Å². The normalized spacial score (nSPS) is 9.31. The molecule has 0 spiro atoms. The molecule has 0 amide bonds. The van der Waals surface area contributed by atoms with Gasteiger partial charge in [0.05, 0.1) is 0 Å². The third-order valence-electron chi connectivity index (χ3n) is 1.64. The summed E-state index contributed by atoms with van der Waals surface area (Å²) >= 11 is 4.20. The molecule has 0 unspecified atom stereocenters. The minimum absolute atomic E-state index is 0. The summed E-state index contributed by atoms with van der Waals surface area (Å²) in [4.78, 5) is 8.14. The molecule has 2 aromatic rings. The Morgan fingerprint density at radius 1 is 1.15 bits per heavy atom. The number of rotatable bonds is 1. The number of nitrogens with zero attached hydrogens (tertiary/aromatic N) is 1. The first-order valence-electron chi connectivity index (χ1n) is 3.65. The molecule has 0 atom stereocenters. The van der Waals surface area contributed by atoms with Crippen molar-refractivity contribution in [1.29, 1.82) is 0 Å². The first kappa shape index (κ1) is 10.9. The van der Waals surface area contributed by atoms with E-state index in [0.29, 0.717) is 0 Å². The molecular weight excluding hydrogens is 191 g/mol. The second kappa shape index (κ2) is 4.86. The number of thiol groups is 1. The van der Waals surface area contributed by atoms with Crippen molar-refractivity contribution in [3.05, 3.63) is 36.7 Å². The molecule has 0 aliphatic heterocycles. The zero-order valence-electron chi connectivity index (χ0n) is 6.36. The van der Waals surface area contributed by atoms with Crippen LogP contribution in [0.5, 0.6) is 0 Å². The van der Waals surface area contributed by atoms with Crippen molar-refractivity contribution in [2.24, 2.45) is 0 Å². The van der Waals surface area contributed by atoms with Gasteiger partial charge in [-0.15, -0.1) is 12.6 Å². The van der Waals surface area contributed by atoms with Gasteiger partial charge < -0.3 is 4.98 Å². The van der Waals surface area contributed by atoms with Gasteiger partial charge in [-0.05, 0) is 12.1 Å². The fraction of sp³-hybridized carbons (Fsp3) is 0. The molecular formula is C9H9N2NaS. The molecule has 0 fully saturated rings. The summed E-state index contributed by atoms with van der Waals surface area (Å²) in [6.45, 7) is 0. The van der Waals surface area contributed by atoms with E-state index in [1.807, 2.05) is 30.5 Å². The fourth-order valence-corrected chi connectivity index (χ4v) is 1.19. The van der Waals surface area contributed by atoms with Gasteiger partial charge in [-0.3, -0.25) is 0 Å². The van der Waals surface area contributed by atoms with E-state index in [1.165, 1.54) is 0 Å². The maximum atomic E-state index is 4.20. The summed E-state index contributed by atoms with van der Waals surface area (Å²) in [5.74, 6) is 0.892. The predicted octanol–water partition coefficient (Wildman–Crippen LogP) is 1.72. The third-order valence-corrected chi connectivity index (χ3v) is 1.94. The number of hydrogen-bond acceptors (Lipinski definition) is 2. The van der Waals surface area contributed by atoms with Crippen LogP contribution in [0.1, 0.15) is 0 Å². The number of benzene rings is 1. The molecule has 2 nitrogen and oxygen atoms in total. The number of imidazole rings is 1. The van der Waals surface area contributed by atoms with Crippen molar-refractivity contribution < 1.29 is 0 Å². The topological polar surface area (TPSA) is 28.7 Å². The Balaban J connectivity index is 0.000000845. The second-order valence-electron chi connectivity index (χ2n) is 2.48.